The Morgan fingerprint density at radius 1 is 0.900 bits per heavy atom. The Morgan fingerprint density at radius 3 is 2.40 bits per heavy atom. The highest BCUT2D eigenvalue weighted by atomic mass is 35.5. The summed E-state index contributed by atoms with van der Waals surface area (Å²) in [6.07, 6.45) is 0.616. The molecule has 1 aliphatic heterocycles. The molecule has 0 atom stereocenters. The molecule has 0 bridgehead atoms. The molecule has 0 fully saturated rings. The predicted octanol–water partition coefficient (Wildman–Crippen LogP) is 5.65. The molecular weight excluding hydrogens is 467 g/mol. The lowest BCUT2D eigenvalue weighted by Crippen LogP contribution is -2.29. The van der Waals surface area contributed by atoms with Gasteiger partial charge in [0, 0.05) is 17.8 Å². The second kappa shape index (κ2) is 8.12. The van der Waals surface area contributed by atoms with Gasteiger partial charge in [0.25, 0.3) is 15.9 Å². The van der Waals surface area contributed by atoms with E-state index in [-0.39, 0.29) is 15.5 Å². The number of carbonyl (C=O) groups is 1. The Balaban J connectivity index is 1.66. The Morgan fingerprint density at radius 2 is 1.63 bits per heavy atom. The van der Waals surface area contributed by atoms with Crippen LogP contribution in [0.1, 0.15) is 15.9 Å². The van der Waals surface area contributed by atoms with Gasteiger partial charge in [-0.05, 0) is 54.4 Å². The van der Waals surface area contributed by atoms with Crippen molar-refractivity contribution in [2.75, 3.05) is 16.2 Å². The molecule has 0 saturated carbocycles. The van der Waals surface area contributed by atoms with Crippen molar-refractivity contribution >= 4 is 62.1 Å². The minimum atomic E-state index is -3.94. The molecule has 1 amide bonds. The fraction of sp³-hybridized carbons (Fsp3) is 0.0952. The average Bonchev–Trinajstić information content (AvgIpc) is 3.16. The van der Waals surface area contributed by atoms with Crippen molar-refractivity contribution in [3.63, 3.8) is 0 Å². The molecule has 30 heavy (non-hydrogen) atoms. The first-order valence-corrected chi connectivity index (χ1v) is 11.5. The van der Waals surface area contributed by atoms with Crippen molar-refractivity contribution in [2.45, 2.75) is 11.3 Å². The van der Waals surface area contributed by atoms with Gasteiger partial charge >= 0.3 is 0 Å². The maximum absolute atomic E-state index is 13.3. The number of benzene rings is 3. The van der Waals surface area contributed by atoms with Crippen LogP contribution >= 0.6 is 34.8 Å². The third-order valence-corrected chi connectivity index (χ3v) is 7.82. The number of hydrogen-bond acceptors (Lipinski definition) is 3. The molecule has 1 N–H and O–H groups in total. The zero-order valence-corrected chi connectivity index (χ0v) is 18.5. The lowest BCUT2D eigenvalue weighted by molar-refractivity contribution is 0.102. The topological polar surface area (TPSA) is 66.5 Å². The molecule has 0 aromatic heterocycles. The van der Waals surface area contributed by atoms with Gasteiger partial charge in [-0.2, -0.15) is 0 Å². The van der Waals surface area contributed by atoms with Gasteiger partial charge in [-0.1, -0.05) is 53.0 Å². The average molecular weight is 482 g/mol. The van der Waals surface area contributed by atoms with Gasteiger partial charge in [0.15, 0.2) is 0 Å². The summed E-state index contributed by atoms with van der Waals surface area (Å²) in [5.74, 6) is -0.497. The van der Waals surface area contributed by atoms with Crippen LogP contribution in [0.15, 0.2) is 65.6 Å². The molecule has 154 valence electrons. The lowest BCUT2D eigenvalue weighted by Gasteiger charge is -2.20. The van der Waals surface area contributed by atoms with E-state index in [4.69, 9.17) is 34.8 Å². The lowest BCUT2D eigenvalue weighted by atomic mass is 10.2. The first-order chi connectivity index (χ1) is 14.3. The molecule has 0 radical (unpaired) electrons. The molecule has 3 aromatic rings. The van der Waals surface area contributed by atoms with Crippen molar-refractivity contribution in [3.8, 4) is 0 Å². The minimum Gasteiger partial charge on any atom is -0.322 e. The van der Waals surface area contributed by atoms with Crippen molar-refractivity contribution in [3.05, 3.63) is 86.9 Å². The van der Waals surface area contributed by atoms with Gasteiger partial charge in [-0.25, -0.2) is 8.42 Å². The summed E-state index contributed by atoms with van der Waals surface area (Å²) in [6.45, 7) is 0.317. The molecular formula is C21H15Cl3N2O3S. The van der Waals surface area contributed by atoms with Crippen LogP contribution in [-0.4, -0.2) is 20.9 Å². The second-order valence-electron chi connectivity index (χ2n) is 6.68. The monoisotopic (exact) mass is 480 g/mol. The number of para-hydroxylation sites is 1. The van der Waals surface area contributed by atoms with E-state index in [1.54, 1.807) is 24.3 Å². The van der Waals surface area contributed by atoms with Crippen molar-refractivity contribution in [2.24, 2.45) is 0 Å². The number of fused-ring (bicyclic) bond motifs is 1. The summed E-state index contributed by atoms with van der Waals surface area (Å²) in [5, 5.41) is 3.38. The molecule has 0 spiro atoms. The Hall–Kier alpha value is -2.25. The Bertz CT molecular complexity index is 1260. The van der Waals surface area contributed by atoms with Crippen molar-refractivity contribution in [1.82, 2.24) is 0 Å². The van der Waals surface area contributed by atoms with Crippen LogP contribution < -0.4 is 9.62 Å². The number of sulfonamides is 1. The van der Waals surface area contributed by atoms with Crippen LogP contribution in [0.4, 0.5) is 11.4 Å². The number of nitrogens with zero attached hydrogens (tertiary/aromatic N) is 1. The van der Waals surface area contributed by atoms with Gasteiger partial charge in [0.05, 0.1) is 20.8 Å². The summed E-state index contributed by atoms with van der Waals surface area (Å²) in [6, 6.07) is 16.1. The van der Waals surface area contributed by atoms with Crippen LogP contribution in [0.5, 0.6) is 0 Å². The number of anilines is 2. The van der Waals surface area contributed by atoms with Gasteiger partial charge in [-0.3, -0.25) is 9.10 Å². The minimum absolute atomic E-state index is 0.0467. The van der Waals surface area contributed by atoms with Crippen LogP contribution in [-0.2, 0) is 16.4 Å². The van der Waals surface area contributed by atoms with E-state index in [0.29, 0.717) is 34.4 Å². The van der Waals surface area contributed by atoms with Crippen LogP contribution in [0.2, 0.25) is 15.1 Å². The van der Waals surface area contributed by atoms with Gasteiger partial charge in [0.2, 0.25) is 0 Å². The number of carbonyl (C=O) groups excluding carboxylic acids is 1. The third-order valence-electron chi connectivity index (χ3n) is 4.78. The fourth-order valence-electron chi connectivity index (χ4n) is 3.30. The van der Waals surface area contributed by atoms with Crippen LogP contribution in [0.25, 0.3) is 0 Å². The molecule has 4 rings (SSSR count). The first-order valence-electron chi connectivity index (χ1n) is 8.94. The van der Waals surface area contributed by atoms with E-state index in [0.717, 1.165) is 5.56 Å². The molecule has 0 saturated heterocycles. The van der Waals surface area contributed by atoms with Crippen molar-refractivity contribution < 1.29 is 13.2 Å². The van der Waals surface area contributed by atoms with Gasteiger partial charge in [0.1, 0.15) is 4.90 Å². The van der Waals surface area contributed by atoms with Crippen LogP contribution in [0.3, 0.4) is 0 Å². The van der Waals surface area contributed by atoms with Crippen LogP contribution in [0, 0.1) is 0 Å². The van der Waals surface area contributed by atoms with E-state index in [1.165, 1.54) is 28.6 Å². The number of nitrogens with one attached hydrogen (secondary N) is 1. The molecule has 0 unspecified atom stereocenters. The fourth-order valence-corrected chi connectivity index (χ4v) is 5.60. The van der Waals surface area contributed by atoms with Gasteiger partial charge in [-0.15, -0.1) is 0 Å². The molecule has 3 aromatic carbocycles. The standard InChI is InChI=1S/C21H15Cl3N2O3S/c22-16-8-6-15(12-18(16)24)25-21(27)14-5-7-17(23)20(11-14)30(28,29)26-10-9-13-3-1-2-4-19(13)26/h1-8,11-12H,9-10H2,(H,25,27). The molecule has 9 heteroatoms. The first kappa shape index (κ1) is 21.0. The Kier molecular flexibility index (Phi) is 5.68. The van der Waals surface area contributed by atoms with Crippen molar-refractivity contribution in [1.29, 1.82) is 0 Å². The summed E-state index contributed by atoms with van der Waals surface area (Å²) in [5.41, 5.74) is 2.16. The maximum Gasteiger partial charge on any atom is 0.265 e. The molecule has 1 heterocycles. The SMILES string of the molecule is O=C(Nc1ccc(Cl)c(Cl)c1)c1ccc(Cl)c(S(=O)(=O)N2CCc3ccccc32)c1. The normalized spacial score (nSPS) is 13.2. The van der Waals surface area contributed by atoms with E-state index < -0.39 is 15.9 Å². The summed E-state index contributed by atoms with van der Waals surface area (Å²) in [7, 11) is -3.94. The number of halogens is 3. The smallest absolute Gasteiger partial charge is 0.265 e. The summed E-state index contributed by atoms with van der Waals surface area (Å²) < 4.78 is 27.9. The number of hydrogen-bond donors (Lipinski definition) is 1. The summed E-state index contributed by atoms with van der Waals surface area (Å²) >= 11 is 18.1. The van der Waals surface area contributed by atoms with Gasteiger partial charge < -0.3 is 5.32 Å². The highest BCUT2D eigenvalue weighted by Gasteiger charge is 2.32. The quantitative estimate of drug-likeness (QED) is 0.523. The Labute approximate surface area is 189 Å². The highest BCUT2D eigenvalue weighted by molar-refractivity contribution is 7.93. The molecule has 0 aliphatic carbocycles. The third kappa shape index (κ3) is 3.88. The van der Waals surface area contributed by atoms with E-state index in [9.17, 15) is 13.2 Å². The highest BCUT2D eigenvalue weighted by Crippen LogP contribution is 2.35. The zero-order chi connectivity index (χ0) is 21.5. The zero-order valence-electron chi connectivity index (χ0n) is 15.4. The molecule has 1 aliphatic rings. The molecule has 5 nitrogen and oxygen atoms in total. The maximum atomic E-state index is 13.3. The van der Waals surface area contributed by atoms with E-state index in [1.807, 2.05) is 12.1 Å². The number of amides is 1. The summed E-state index contributed by atoms with van der Waals surface area (Å²) in [4.78, 5) is 12.6. The number of rotatable bonds is 4. The van der Waals surface area contributed by atoms with E-state index in [2.05, 4.69) is 5.32 Å². The van der Waals surface area contributed by atoms with E-state index >= 15 is 0 Å². The second-order valence-corrected chi connectivity index (χ2v) is 9.74. The predicted molar refractivity (Wildman–Crippen MR) is 121 cm³/mol. The largest absolute Gasteiger partial charge is 0.322 e.